The average Bonchev–Trinajstić information content (AvgIpc) is 2.00. The maximum Gasteiger partial charge on any atom is 0.236 e. The molecule has 0 N–H and O–H groups in total. The van der Waals surface area contributed by atoms with Crippen molar-refractivity contribution in [2.45, 2.75) is 19.8 Å². The predicted octanol–water partition coefficient (Wildman–Crippen LogP) is 0.806. The number of amides is 1. The number of unbranched alkanes of at least 4 members (excludes halogenated alkanes) is 1. The van der Waals surface area contributed by atoms with E-state index in [2.05, 4.69) is 11.8 Å². The summed E-state index contributed by atoms with van der Waals surface area (Å²) in [7, 11) is 5.56. The highest BCUT2D eigenvalue weighted by molar-refractivity contribution is 5.77. The third-order valence-corrected chi connectivity index (χ3v) is 1.80. The van der Waals surface area contributed by atoms with Crippen molar-refractivity contribution in [2.75, 3.05) is 34.2 Å². The fourth-order valence-corrected chi connectivity index (χ4v) is 0.879. The Morgan fingerprint density at radius 1 is 1.25 bits per heavy atom. The van der Waals surface area contributed by atoms with E-state index in [4.69, 9.17) is 0 Å². The smallest absolute Gasteiger partial charge is 0.236 e. The van der Waals surface area contributed by atoms with Gasteiger partial charge in [-0.15, -0.1) is 0 Å². The maximum absolute atomic E-state index is 11.2. The van der Waals surface area contributed by atoms with E-state index in [0.717, 1.165) is 13.0 Å². The maximum atomic E-state index is 11.2. The van der Waals surface area contributed by atoms with Crippen LogP contribution in [0.4, 0.5) is 0 Å². The Balaban J connectivity index is 3.54. The van der Waals surface area contributed by atoms with Gasteiger partial charge in [-0.1, -0.05) is 13.3 Å². The van der Waals surface area contributed by atoms with Gasteiger partial charge in [0.25, 0.3) is 0 Å². The zero-order valence-electron chi connectivity index (χ0n) is 8.63. The molecule has 0 saturated heterocycles. The first kappa shape index (κ1) is 11.4. The quantitative estimate of drug-likeness (QED) is 0.612. The van der Waals surface area contributed by atoms with Crippen LogP contribution in [0.15, 0.2) is 0 Å². The van der Waals surface area contributed by atoms with Gasteiger partial charge in [0.1, 0.15) is 0 Å². The Kier molecular flexibility index (Phi) is 5.72. The van der Waals surface area contributed by atoms with Gasteiger partial charge in [0, 0.05) is 14.1 Å². The van der Waals surface area contributed by atoms with Crippen molar-refractivity contribution in [2.24, 2.45) is 0 Å². The van der Waals surface area contributed by atoms with Gasteiger partial charge in [-0.3, -0.25) is 9.69 Å². The Labute approximate surface area is 75.3 Å². The van der Waals surface area contributed by atoms with Crippen molar-refractivity contribution in [3.05, 3.63) is 0 Å². The lowest BCUT2D eigenvalue weighted by atomic mass is 10.3. The summed E-state index contributed by atoms with van der Waals surface area (Å²) >= 11 is 0. The van der Waals surface area contributed by atoms with Gasteiger partial charge in [0.05, 0.1) is 6.54 Å². The molecule has 0 aliphatic heterocycles. The van der Waals surface area contributed by atoms with E-state index < -0.39 is 0 Å². The summed E-state index contributed by atoms with van der Waals surface area (Å²) in [6.07, 6.45) is 2.34. The normalized spacial score (nSPS) is 10.4. The van der Waals surface area contributed by atoms with Gasteiger partial charge in [-0.2, -0.15) is 0 Å². The summed E-state index contributed by atoms with van der Waals surface area (Å²) in [4.78, 5) is 14.9. The Morgan fingerprint density at radius 2 is 1.83 bits per heavy atom. The molecule has 0 atom stereocenters. The molecular weight excluding hydrogens is 152 g/mol. The molecule has 3 nitrogen and oxygen atoms in total. The number of rotatable bonds is 5. The lowest BCUT2D eigenvalue weighted by Gasteiger charge is -2.18. The highest BCUT2D eigenvalue weighted by atomic mass is 16.2. The molecule has 0 unspecified atom stereocenters. The van der Waals surface area contributed by atoms with Crippen molar-refractivity contribution in [1.29, 1.82) is 0 Å². The molecule has 0 aromatic carbocycles. The summed E-state index contributed by atoms with van der Waals surface area (Å²) in [5, 5.41) is 0. The van der Waals surface area contributed by atoms with Gasteiger partial charge in [-0.25, -0.2) is 0 Å². The number of hydrogen-bond acceptors (Lipinski definition) is 2. The molecule has 0 fully saturated rings. The SMILES string of the molecule is CCCCN(C)CC(=O)N(C)C. The van der Waals surface area contributed by atoms with Crippen LogP contribution in [0.1, 0.15) is 19.8 Å². The van der Waals surface area contributed by atoms with Crippen LogP contribution in [0.25, 0.3) is 0 Å². The number of carbonyl (C=O) groups is 1. The Morgan fingerprint density at radius 3 is 2.25 bits per heavy atom. The standard InChI is InChI=1S/C9H20N2O/c1-5-6-7-11(4)8-9(12)10(2)3/h5-8H2,1-4H3. The fourth-order valence-electron chi connectivity index (χ4n) is 0.879. The highest BCUT2D eigenvalue weighted by Crippen LogP contribution is 1.92. The molecule has 12 heavy (non-hydrogen) atoms. The van der Waals surface area contributed by atoms with E-state index >= 15 is 0 Å². The van der Waals surface area contributed by atoms with Crippen LogP contribution in [0, 0.1) is 0 Å². The van der Waals surface area contributed by atoms with E-state index in [0.29, 0.717) is 6.54 Å². The third-order valence-electron chi connectivity index (χ3n) is 1.80. The molecule has 3 heteroatoms. The molecular formula is C9H20N2O. The lowest BCUT2D eigenvalue weighted by molar-refractivity contribution is -0.129. The summed E-state index contributed by atoms with van der Waals surface area (Å²) in [6, 6.07) is 0. The van der Waals surface area contributed by atoms with Crippen LogP contribution in [-0.2, 0) is 4.79 Å². The zero-order valence-corrected chi connectivity index (χ0v) is 8.63. The molecule has 0 aliphatic rings. The number of nitrogens with zero attached hydrogens (tertiary/aromatic N) is 2. The van der Waals surface area contributed by atoms with Crippen molar-refractivity contribution in [3.63, 3.8) is 0 Å². The number of likely N-dealkylation sites (N-methyl/N-ethyl adjacent to an activating group) is 2. The minimum absolute atomic E-state index is 0.175. The van der Waals surface area contributed by atoms with E-state index in [1.165, 1.54) is 6.42 Å². The molecule has 0 spiro atoms. The van der Waals surface area contributed by atoms with Crippen LogP contribution in [0.3, 0.4) is 0 Å². The van der Waals surface area contributed by atoms with Gasteiger partial charge in [0.15, 0.2) is 0 Å². The summed E-state index contributed by atoms with van der Waals surface area (Å²) in [5.41, 5.74) is 0. The molecule has 0 heterocycles. The van der Waals surface area contributed by atoms with Gasteiger partial charge >= 0.3 is 0 Å². The molecule has 0 saturated carbocycles. The Hall–Kier alpha value is -0.570. The van der Waals surface area contributed by atoms with Crippen molar-refractivity contribution < 1.29 is 4.79 Å². The van der Waals surface area contributed by atoms with Gasteiger partial charge < -0.3 is 4.90 Å². The molecule has 72 valence electrons. The van der Waals surface area contributed by atoms with E-state index in [-0.39, 0.29) is 5.91 Å². The molecule has 0 radical (unpaired) electrons. The van der Waals surface area contributed by atoms with E-state index in [1.807, 2.05) is 7.05 Å². The third kappa shape index (κ3) is 5.13. The van der Waals surface area contributed by atoms with Crippen molar-refractivity contribution in [1.82, 2.24) is 9.80 Å². The molecule has 1 amide bonds. The van der Waals surface area contributed by atoms with Crippen LogP contribution >= 0.6 is 0 Å². The van der Waals surface area contributed by atoms with Gasteiger partial charge in [-0.05, 0) is 20.0 Å². The molecule has 0 bridgehead atoms. The second-order valence-corrected chi connectivity index (χ2v) is 3.38. The van der Waals surface area contributed by atoms with Crippen LogP contribution in [0.5, 0.6) is 0 Å². The first-order chi connectivity index (χ1) is 5.57. The molecule has 0 aromatic heterocycles. The minimum Gasteiger partial charge on any atom is -0.348 e. The first-order valence-electron chi connectivity index (χ1n) is 4.46. The van der Waals surface area contributed by atoms with Crippen molar-refractivity contribution in [3.8, 4) is 0 Å². The van der Waals surface area contributed by atoms with E-state index in [9.17, 15) is 4.79 Å². The lowest BCUT2D eigenvalue weighted by Crippen LogP contribution is -2.34. The van der Waals surface area contributed by atoms with E-state index in [1.54, 1.807) is 19.0 Å². The average molecular weight is 172 g/mol. The topological polar surface area (TPSA) is 23.6 Å². The van der Waals surface area contributed by atoms with Gasteiger partial charge in [0.2, 0.25) is 5.91 Å². The monoisotopic (exact) mass is 172 g/mol. The molecule has 0 rings (SSSR count). The molecule has 0 aliphatic carbocycles. The summed E-state index contributed by atoms with van der Waals surface area (Å²) in [6.45, 7) is 3.70. The fraction of sp³-hybridized carbons (Fsp3) is 0.889. The molecule has 0 aromatic rings. The summed E-state index contributed by atoms with van der Waals surface area (Å²) in [5.74, 6) is 0.175. The number of carbonyl (C=O) groups excluding carboxylic acids is 1. The highest BCUT2D eigenvalue weighted by Gasteiger charge is 2.06. The van der Waals surface area contributed by atoms with Crippen LogP contribution < -0.4 is 0 Å². The second-order valence-electron chi connectivity index (χ2n) is 3.38. The largest absolute Gasteiger partial charge is 0.348 e. The predicted molar refractivity (Wildman–Crippen MR) is 51.1 cm³/mol. The Bertz CT molecular complexity index is 134. The minimum atomic E-state index is 0.175. The first-order valence-corrected chi connectivity index (χ1v) is 4.46. The summed E-state index contributed by atoms with van der Waals surface area (Å²) < 4.78 is 0. The second kappa shape index (κ2) is 6.00. The van der Waals surface area contributed by atoms with Crippen molar-refractivity contribution >= 4 is 5.91 Å². The number of hydrogen-bond donors (Lipinski definition) is 0. The van der Waals surface area contributed by atoms with Crippen LogP contribution in [0.2, 0.25) is 0 Å². The van der Waals surface area contributed by atoms with Crippen LogP contribution in [-0.4, -0.2) is 49.9 Å². The zero-order chi connectivity index (χ0) is 9.56.